The molecule has 1 aliphatic rings. The Morgan fingerprint density at radius 2 is 1.87 bits per heavy atom. The Morgan fingerprint density at radius 3 is 2.47 bits per heavy atom. The Labute approximate surface area is 171 Å². The number of fused-ring (bicyclic) bond motifs is 1. The van der Waals surface area contributed by atoms with Crippen molar-refractivity contribution < 1.29 is 23.8 Å². The van der Waals surface area contributed by atoms with E-state index in [2.05, 4.69) is 15.6 Å². The number of rotatable bonds is 5. The predicted molar refractivity (Wildman–Crippen MR) is 111 cm³/mol. The topological polar surface area (TPSA) is 174 Å². The van der Waals surface area contributed by atoms with Gasteiger partial charge in [-0.05, 0) is 30.7 Å². The normalized spacial score (nSPS) is 15.5. The molecule has 2 amide bonds. The standard InChI is InChI=1S/C18H20N4O7S/c1-2-19-17(26)20-12-5-3-10(4-6-12)8-22-15(23)13-7-11(16(24)25)9-30(28,29)14(13)21-18(22)27/h3-7,28-29H,2,8-9H2,1H3,(H,21,27)(H,24,25)(H2,19,20,26). The molecule has 0 aliphatic carbocycles. The monoisotopic (exact) mass is 436 g/mol. The Balaban J connectivity index is 1.95. The van der Waals surface area contributed by atoms with Gasteiger partial charge in [-0.3, -0.25) is 23.5 Å². The van der Waals surface area contributed by atoms with Crippen molar-refractivity contribution in [3.05, 3.63) is 61.8 Å². The maximum absolute atomic E-state index is 12.8. The van der Waals surface area contributed by atoms with Crippen molar-refractivity contribution in [1.82, 2.24) is 14.9 Å². The fourth-order valence-electron chi connectivity index (χ4n) is 2.94. The number of amides is 2. The number of carboxylic acid groups (broad SMARTS) is 1. The number of benzene rings is 1. The van der Waals surface area contributed by atoms with Crippen molar-refractivity contribution in [2.75, 3.05) is 17.6 Å². The highest BCUT2D eigenvalue weighted by Gasteiger charge is 2.32. The third-order valence-electron chi connectivity index (χ3n) is 4.35. The zero-order valence-corrected chi connectivity index (χ0v) is 16.7. The highest BCUT2D eigenvalue weighted by Crippen LogP contribution is 2.51. The molecule has 1 aromatic carbocycles. The number of anilines is 1. The van der Waals surface area contributed by atoms with Crippen LogP contribution in [0, 0.1) is 0 Å². The van der Waals surface area contributed by atoms with Crippen molar-refractivity contribution in [2.45, 2.75) is 18.5 Å². The third-order valence-corrected chi connectivity index (χ3v) is 6.04. The number of carbonyl (C=O) groups excluding carboxylic acids is 1. The number of urea groups is 1. The van der Waals surface area contributed by atoms with Crippen molar-refractivity contribution in [1.29, 1.82) is 0 Å². The number of nitrogens with one attached hydrogen (secondary N) is 3. The summed E-state index contributed by atoms with van der Waals surface area (Å²) in [6, 6.07) is 6.05. The number of hydrogen-bond acceptors (Lipinski definition) is 6. The number of aromatic amines is 1. The first-order valence-electron chi connectivity index (χ1n) is 8.83. The van der Waals surface area contributed by atoms with Gasteiger partial charge in [-0.1, -0.05) is 12.1 Å². The predicted octanol–water partition coefficient (Wildman–Crippen LogP) is 1.32. The summed E-state index contributed by atoms with van der Waals surface area (Å²) in [6.45, 7) is 2.11. The minimum atomic E-state index is -3.66. The molecule has 0 bridgehead atoms. The van der Waals surface area contributed by atoms with Crippen molar-refractivity contribution in [3.8, 4) is 0 Å². The van der Waals surface area contributed by atoms with E-state index in [9.17, 15) is 33.4 Å². The number of carboxylic acids is 1. The molecular formula is C18H20N4O7S. The molecule has 0 atom stereocenters. The molecule has 0 fully saturated rings. The van der Waals surface area contributed by atoms with E-state index in [0.29, 0.717) is 17.8 Å². The molecule has 1 aromatic heterocycles. The number of nitrogens with zero attached hydrogens (tertiary/aromatic N) is 1. The van der Waals surface area contributed by atoms with Crippen molar-refractivity contribution in [3.63, 3.8) is 0 Å². The lowest BCUT2D eigenvalue weighted by molar-refractivity contribution is -0.132. The molecule has 3 rings (SSSR count). The van der Waals surface area contributed by atoms with Gasteiger partial charge in [0.05, 0.1) is 23.4 Å². The van der Waals surface area contributed by atoms with E-state index in [1.807, 2.05) is 0 Å². The number of aliphatic carboxylic acids is 1. The summed E-state index contributed by atoms with van der Waals surface area (Å²) in [6.07, 6.45) is 1.05. The van der Waals surface area contributed by atoms with Crippen LogP contribution >= 0.6 is 10.6 Å². The van der Waals surface area contributed by atoms with Gasteiger partial charge in [0.25, 0.3) is 5.56 Å². The van der Waals surface area contributed by atoms with E-state index in [1.165, 1.54) is 0 Å². The zero-order valence-electron chi connectivity index (χ0n) is 15.8. The summed E-state index contributed by atoms with van der Waals surface area (Å²) in [5.74, 6) is -1.97. The molecule has 30 heavy (non-hydrogen) atoms. The molecule has 0 radical (unpaired) electrons. The third kappa shape index (κ3) is 4.30. The van der Waals surface area contributed by atoms with Gasteiger partial charge in [0.2, 0.25) is 0 Å². The second kappa shape index (κ2) is 8.18. The highest BCUT2D eigenvalue weighted by molar-refractivity contribution is 8.24. The molecule has 2 aromatic rings. The Bertz CT molecular complexity index is 1150. The number of H-pyrrole nitrogens is 1. The Morgan fingerprint density at radius 1 is 1.20 bits per heavy atom. The maximum Gasteiger partial charge on any atom is 0.333 e. The fraction of sp³-hybridized carbons (Fsp3) is 0.222. The molecule has 160 valence electrons. The molecule has 0 saturated heterocycles. The van der Waals surface area contributed by atoms with Gasteiger partial charge in [-0.15, -0.1) is 10.6 Å². The van der Waals surface area contributed by atoms with E-state index < -0.39 is 33.6 Å². The first-order valence-corrected chi connectivity index (χ1v) is 10.5. The second-order valence-corrected chi connectivity index (χ2v) is 8.56. The van der Waals surface area contributed by atoms with Crippen LogP contribution in [0.15, 0.2) is 44.5 Å². The molecule has 11 nitrogen and oxygen atoms in total. The Kier molecular flexibility index (Phi) is 5.82. The van der Waals surface area contributed by atoms with E-state index in [-0.39, 0.29) is 28.7 Å². The largest absolute Gasteiger partial charge is 0.478 e. The quantitative estimate of drug-likeness (QED) is 0.383. The fourth-order valence-corrected chi connectivity index (χ4v) is 4.47. The minimum absolute atomic E-state index is 0.141. The lowest BCUT2D eigenvalue weighted by atomic mass is 10.2. The van der Waals surface area contributed by atoms with Gasteiger partial charge in [-0.25, -0.2) is 14.4 Å². The summed E-state index contributed by atoms with van der Waals surface area (Å²) in [5, 5.41) is 14.0. The summed E-state index contributed by atoms with van der Waals surface area (Å²) < 4.78 is 21.2. The van der Waals surface area contributed by atoms with E-state index >= 15 is 0 Å². The van der Waals surface area contributed by atoms with E-state index in [4.69, 9.17) is 0 Å². The van der Waals surface area contributed by atoms with Crippen LogP contribution in [-0.2, 0) is 11.3 Å². The molecule has 1 aliphatic heterocycles. The van der Waals surface area contributed by atoms with Crippen LogP contribution < -0.4 is 21.9 Å². The molecule has 0 saturated carbocycles. The molecule has 0 unspecified atom stereocenters. The first-order chi connectivity index (χ1) is 14.1. The highest BCUT2D eigenvalue weighted by atomic mass is 32.3. The summed E-state index contributed by atoms with van der Waals surface area (Å²) in [5.41, 5.74) is -1.22. The van der Waals surface area contributed by atoms with Crippen molar-refractivity contribution >= 4 is 34.4 Å². The second-order valence-electron chi connectivity index (χ2n) is 6.53. The van der Waals surface area contributed by atoms with Gasteiger partial charge in [-0.2, -0.15) is 0 Å². The average molecular weight is 436 g/mol. The molecule has 12 heteroatoms. The van der Waals surface area contributed by atoms with E-state index in [0.717, 1.165) is 10.6 Å². The maximum atomic E-state index is 12.8. The van der Waals surface area contributed by atoms with Crippen LogP contribution in [0.5, 0.6) is 0 Å². The van der Waals surface area contributed by atoms with Crippen LogP contribution in [0.25, 0.3) is 6.08 Å². The minimum Gasteiger partial charge on any atom is -0.478 e. The SMILES string of the molecule is CCNC(=O)Nc1ccc(Cn2c(=O)[nH]c3c(c2=O)C=C(C(=O)O)CS3(O)O)cc1. The summed E-state index contributed by atoms with van der Waals surface area (Å²) >= 11 is 0. The van der Waals surface area contributed by atoms with Gasteiger partial charge in [0, 0.05) is 12.2 Å². The molecule has 2 heterocycles. The van der Waals surface area contributed by atoms with Crippen molar-refractivity contribution in [2.24, 2.45) is 0 Å². The summed E-state index contributed by atoms with van der Waals surface area (Å²) in [7, 11) is -3.66. The van der Waals surface area contributed by atoms with Crippen LogP contribution in [-0.4, -0.2) is 48.1 Å². The Hall–Kier alpha value is -3.35. The van der Waals surface area contributed by atoms with Crippen LogP contribution in [0.3, 0.4) is 0 Å². The van der Waals surface area contributed by atoms with Crippen LogP contribution in [0.4, 0.5) is 10.5 Å². The number of aromatic nitrogens is 2. The van der Waals surface area contributed by atoms with Gasteiger partial charge in [0.1, 0.15) is 5.03 Å². The van der Waals surface area contributed by atoms with Crippen LogP contribution in [0.2, 0.25) is 0 Å². The molecular weight excluding hydrogens is 416 g/mol. The lowest BCUT2D eigenvalue weighted by Crippen LogP contribution is -2.39. The van der Waals surface area contributed by atoms with Gasteiger partial charge >= 0.3 is 17.7 Å². The smallest absolute Gasteiger partial charge is 0.333 e. The summed E-state index contributed by atoms with van der Waals surface area (Å²) in [4.78, 5) is 50.3. The number of carbonyl (C=O) groups is 2. The zero-order chi connectivity index (χ0) is 22.1. The van der Waals surface area contributed by atoms with E-state index in [1.54, 1.807) is 31.2 Å². The average Bonchev–Trinajstić information content (AvgIpc) is 2.67. The van der Waals surface area contributed by atoms with Gasteiger partial charge in [0.15, 0.2) is 0 Å². The molecule has 0 spiro atoms. The first kappa shape index (κ1) is 21.4. The molecule has 6 N–H and O–H groups in total. The number of hydrogen-bond donors (Lipinski definition) is 6. The van der Waals surface area contributed by atoms with Gasteiger partial charge < -0.3 is 15.7 Å². The lowest BCUT2D eigenvalue weighted by Gasteiger charge is -2.35. The van der Waals surface area contributed by atoms with Crippen LogP contribution in [0.1, 0.15) is 18.1 Å².